The molecule has 32 heavy (non-hydrogen) atoms. The molecule has 2 aromatic rings. The maximum atomic E-state index is 12.7. The highest BCUT2D eigenvalue weighted by Gasteiger charge is 2.33. The molecule has 1 aliphatic heterocycles. The van der Waals surface area contributed by atoms with Gasteiger partial charge < -0.3 is 14.4 Å². The van der Waals surface area contributed by atoms with Gasteiger partial charge in [-0.15, -0.1) is 10.2 Å². The maximum Gasteiger partial charge on any atom is 0.387 e. The minimum Gasteiger partial charge on any atom is -0.487 e. The Morgan fingerprint density at radius 2 is 2.00 bits per heavy atom. The Kier molecular flexibility index (Phi) is 6.54. The monoisotopic (exact) mass is 466 g/mol. The summed E-state index contributed by atoms with van der Waals surface area (Å²) in [5.41, 5.74) is 0.761. The minimum atomic E-state index is -2.97. The summed E-state index contributed by atoms with van der Waals surface area (Å²) in [6.07, 6.45) is 2.18. The summed E-state index contributed by atoms with van der Waals surface area (Å²) in [6, 6.07) is 4.69. The Morgan fingerprint density at radius 3 is 2.69 bits per heavy atom. The van der Waals surface area contributed by atoms with E-state index in [0.29, 0.717) is 17.6 Å². The van der Waals surface area contributed by atoms with Crippen molar-refractivity contribution in [1.82, 2.24) is 15.1 Å². The predicted octanol–water partition coefficient (Wildman–Crippen LogP) is 3.76. The van der Waals surface area contributed by atoms with E-state index >= 15 is 0 Å². The summed E-state index contributed by atoms with van der Waals surface area (Å²) < 4.78 is 35.5. The number of hydrogen-bond acceptors (Lipinski definition) is 7. The lowest BCUT2D eigenvalue weighted by atomic mass is 9.98. The largest absolute Gasteiger partial charge is 0.487 e. The second-order valence-corrected chi connectivity index (χ2v) is 9.20. The van der Waals surface area contributed by atoms with Crippen molar-refractivity contribution < 1.29 is 27.8 Å². The lowest BCUT2D eigenvalue weighted by Gasteiger charge is -2.18. The van der Waals surface area contributed by atoms with E-state index in [1.54, 1.807) is 26.0 Å². The summed E-state index contributed by atoms with van der Waals surface area (Å²) in [5, 5.41) is 12.1. The van der Waals surface area contributed by atoms with Crippen molar-refractivity contribution in [3.63, 3.8) is 0 Å². The van der Waals surface area contributed by atoms with Crippen LogP contribution in [0.1, 0.15) is 55.5 Å². The van der Waals surface area contributed by atoms with Crippen LogP contribution in [0.15, 0.2) is 18.2 Å². The molecule has 2 amide bonds. The maximum absolute atomic E-state index is 12.7. The van der Waals surface area contributed by atoms with Gasteiger partial charge in [0.2, 0.25) is 16.9 Å². The molecule has 0 radical (unpaired) electrons. The van der Waals surface area contributed by atoms with Crippen LogP contribution in [0, 0.1) is 0 Å². The molecule has 1 aromatic carbocycles. The fourth-order valence-corrected chi connectivity index (χ4v) is 4.51. The van der Waals surface area contributed by atoms with Gasteiger partial charge in [-0.05, 0) is 44.4 Å². The molecule has 2 aliphatic rings. The number of ether oxygens (including phenoxy) is 2. The first-order chi connectivity index (χ1) is 15.3. The van der Waals surface area contributed by atoms with Crippen LogP contribution in [0.5, 0.6) is 11.5 Å². The molecular formula is C21H24F2N4O4S. The van der Waals surface area contributed by atoms with Gasteiger partial charge >= 0.3 is 6.61 Å². The van der Waals surface area contributed by atoms with Gasteiger partial charge in [-0.3, -0.25) is 14.9 Å². The number of rotatable bonds is 9. The Bertz CT molecular complexity index is 996. The molecule has 1 aliphatic carbocycles. The molecule has 2 fully saturated rings. The van der Waals surface area contributed by atoms with Gasteiger partial charge in [0.05, 0.1) is 12.6 Å². The van der Waals surface area contributed by atoms with Gasteiger partial charge in [-0.2, -0.15) is 8.78 Å². The topological polar surface area (TPSA) is 93.7 Å². The second kappa shape index (κ2) is 9.35. The molecule has 4 rings (SSSR count). The third-order valence-corrected chi connectivity index (χ3v) is 6.18. The van der Waals surface area contributed by atoms with Gasteiger partial charge in [0, 0.05) is 24.8 Å². The van der Waals surface area contributed by atoms with Crippen molar-refractivity contribution in [3.8, 4) is 11.5 Å². The van der Waals surface area contributed by atoms with E-state index in [1.165, 1.54) is 22.3 Å². The van der Waals surface area contributed by atoms with E-state index in [2.05, 4.69) is 20.3 Å². The Hall–Kier alpha value is -2.82. The molecule has 0 spiro atoms. The summed E-state index contributed by atoms with van der Waals surface area (Å²) in [7, 11) is 0. The lowest BCUT2D eigenvalue weighted by molar-refractivity contribution is -0.131. The summed E-state index contributed by atoms with van der Waals surface area (Å²) in [6.45, 7) is 0.848. The highest BCUT2D eigenvalue weighted by molar-refractivity contribution is 7.15. The van der Waals surface area contributed by atoms with Gasteiger partial charge in [-0.1, -0.05) is 17.4 Å². The van der Waals surface area contributed by atoms with Crippen LogP contribution >= 0.6 is 11.3 Å². The molecule has 172 valence electrons. The Morgan fingerprint density at radius 1 is 1.22 bits per heavy atom. The normalized spacial score (nSPS) is 18.5. The average molecular weight is 467 g/mol. The van der Waals surface area contributed by atoms with Gasteiger partial charge in [0.25, 0.3) is 0 Å². The van der Waals surface area contributed by atoms with Crippen molar-refractivity contribution in [1.29, 1.82) is 0 Å². The number of halogens is 2. The van der Waals surface area contributed by atoms with E-state index in [9.17, 15) is 18.4 Å². The number of amides is 2. The molecule has 11 heteroatoms. The van der Waals surface area contributed by atoms with E-state index in [0.717, 1.165) is 23.4 Å². The molecule has 0 unspecified atom stereocenters. The van der Waals surface area contributed by atoms with Gasteiger partial charge in [-0.25, -0.2) is 0 Å². The number of nitrogens with one attached hydrogen (secondary N) is 1. The third-order valence-electron chi connectivity index (χ3n) is 5.18. The number of carbonyl (C=O) groups is 2. The molecule has 1 aromatic heterocycles. The van der Waals surface area contributed by atoms with E-state index in [4.69, 9.17) is 4.74 Å². The van der Waals surface area contributed by atoms with E-state index in [-0.39, 0.29) is 48.3 Å². The molecule has 0 bridgehead atoms. The first-order valence-corrected chi connectivity index (χ1v) is 11.3. The molecule has 8 nitrogen and oxygen atoms in total. The van der Waals surface area contributed by atoms with Crippen LogP contribution in [-0.4, -0.2) is 52.7 Å². The highest BCUT2D eigenvalue weighted by atomic mass is 32.1. The van der Waals surface area contributed by atoms with Crippen molar-refractivity contribution in [3.05, 3.63) is 28.8 Å². The summed E-state index contributed by atoms with van der Waals surface area (Å²) in [5.74, 6) is -0.0679. The number of likely N-dealkylation sites (tertiary alicyclic amines) is 1. The molecule has 2 heterocycles. The zero-order valence-electron chi connectivity index (χ0n) is 17.7. The van der Waals surface area contributed by atoms with E-state index < -0.39 is 6.61 Å². The van der Waals surface area contributed by atoms with Crippen molar-refractivity contribution in [2.24, 2.45) is 0 Å². The number of hydrogen-bond donors (Lipinski definition) is 1. The van der Waals surface area contributed by atoms with Crippen LogP contribution in [0.4, 0.5) is 13.9 Å². The number of nitrogens with zero attached hydrogens (tertiary/aromatic N) is 3. The molecular weight excluding hydrogens is 442 g/mol. The Labute approximate surface area is 187 Å². The molecule has 1 N–H and O–H groups in total. The molecule has 1 saturated heterocycles. The number of benzene rings is 1. The van der Waals surface area contributed by atoms with Crippen LogP contribution in [0.2, 0.25) is 0 Å². The van der Waals surface area contributed by atoms with E-state index in [1.807, 2.05) is 0 Å². The van der Waals surface area contributed by atoms with Gasteiger partial charge in [0.1, 0.15) is 5.01 Å². The molecule has 1 atom stereocenters. The zero-order chi connectivity index (χ0) is 22.8. The minimum absolute atomic E-state index is 0.0550. The van der Waals surface area contributed by atoms with Crippen molar-refractivity contribution in [2.75, 3.05) is 18.4 Å². The average Bonchev–Trinajstić information content (AvgIpc) is 3.36. The highest BCUT2D eigenvalue weighted by Crippen LogP contribution is 2.42. The Balaban J connectivity index is 1.39. The standard InChI is InChI=1S/C21H24F2N4O4S/c1-11(2)30-16-7-13(5-6-15(16)31-20(22)23)14-8-18(29)27(9-14)10-17(28)24-21-26-25-19(32-21)12-3-4-12/h5-7,11-12,14,20H,3-4,8-10H2,1-2H3,(H,24,26,28)/t14-/m1/s1. The predicted molar refractivity (Wildman–Crippen MR) is 113 cm³/mol. The zero-order valence-corrected chi connectivity index (χ0v) is 18.5. The SMILES string of the molecule is CC(C)Oc1cc([C@@H]2CC(=O)N(CC(=O)Nc3nnc(C4CC4)s3)C2)ccc1OC(F)F. The number of anilines is 1. The van der Waals surface area contributed by atoms with Crippen molar-refractivity contribution >= 4 is 28.3 Å². The number of alkyl halides is 2. The third kappa shape index (κ3) is 5.50. The van der Waals surface area contributed by atoms with Crippen LogP contribution < -0.4 is 14.8 Å². The quantitative estimate of drug-likeness (QED) is 0.605. The number of aromatic nitrogens is 2. The summed E-state index contributed by atoms with van der Waals surface area (Å²) >= 11 is 1.36. The smallest absolute Gasteiger partial charge is 0.387 e. The fourth-order valence-electron chi connectivity index (χ4n) is 3.58. The van der Waals surface area contributed by atoms with Crippen LogP contribution in [0.25, 0.3) is 0 Å². The summed E-state index contributed by atoms with van der Waals surface area (Å²) in [4.78, 5) is 26.4. The second-order valence-electron chi connectivity index (χ2n) is 8.19. The van der Waals surface area contributed by atoms with Crippen LogP contribution in [0.3, 0.4) is 0 Å². The molecule has 1 saturated carbocycles. The van der Waals surface area contributed by atoms with Crippen molar-refractivity contribution in [2.45, 2.75) is 57.7 Å². The fraction of sp³-hybridized carbons (Fsp3) is 0.524. The van der Waals surface area contributed by atoms with Gasteiger partial charge in [0.15, 0.2) is 11.5 Å². The lowest BCUT2D eigenvalue weighted by Crippen LogP contribution is -2.34. The van der Waals surface area contributed by atoms with Crippen LogP contribution in [-0.2, 0) is 9.59 Å². The first-order valence-electron chi connectivity index (χ1n) is 10.4. The first kappa shape index (κ1) is 22.4. The number of carbonyl (C=O) groups excluding carboxylic acids is 2.